The topological polar surface area (TPSA) is 103 Å². The van der Waals surface area contributed by atoms with Crippen molar-refractivity contribution in [2.45, 2.75) is 24.8 Å². The van der Waals surface area contributed by atoms with Gasteiger partial charge in [0.25, 0.3) is 0 Å². The Kier molecular flexibility index (Phi) is 6.84. The molecule has 3 aromatic rings. The van der Waals surface area contributed by atoms with Crippen molar-refractivity contribution in [3.05, 3.63) is 29.5 Å². The zero-order chi connectivity index (χ0) is 19.2. The molecule has 27 heavy (non-hydrogen) atoms. The average molecular weight is 419 g/mol. The summed E-state index contributed by atoms with van der Waals surface area (Å²) in [6.07, 6.45) is 5.10. The molecule has 0 bridgehead atoms. The van der Waals surface area contributed by atoms with Crippen LogP contribution in [0.2, 0.25) is 0 Å². The molecule has 0 radical (unpaired) electrons. The van der Waals surface area contributed by atoms with Crippen LogP contribution in [0.3, 0.4) is 0 Å². The highest BCUT2D eigenvalue weighted by Gasteiger charge is 2.21. The highest BCUT2D eigenvalue weighted by Crippen LogP contribution is 2.34. The molecule has 0 aliphatic heterocycles. The van der Waals surface area contributed by atoms with Gasteiger partial charge >= 0.3 is 0 Å². The van der Waals surface area contributed by atoms with Gasteiger partial charge in [0.15, 0.2) is 10.9 Å². The SMILES string of the molecule is CCCC[S+]([O-])CSc1nc(-c2nccs2)cc(-c2ncnn2C)c1C#N. The van der Waals surface area contributed by atoms with Crippen LogP contribution in [0.15, 0.2) is 29.0 Å². The Bertz CT molecular complexity index is 935. The predicted molar refractivity (Wildman–Crippen MR) is 109 cm³/mol. The maximum Gasteiger partial charge on any atom is 0.159 e. The number of thiazole rings is 1. The standard InChI is InChI=1S/C17H18N6OS3/c1-3-4-7-27(24)11-26-16-13(9-18)12(15-20-10-21-23(15)2)8-14(22-16)17-19-5-6-25-17/h5-6,8,10H,3-4,7,11H2,1-2H3. The van der Waals surface area contributed by atoms with E-state index in [1.54, 1.807) is 17.9 Å². The fourth-order valence-corrected chi connectivity index (χ4v) is 5.51. The van der Waals surface area contributed by atoms with Gasteiger partial charge in [-0.2, -0.15) is 10.4 Å². The third-order valence-corrected chi connectivity index (χ3v) is 7.39. The van der Waals surface area contributed by atoms with Gasteiger partial charge in [0.1, 0.15) is 33.9 Å². The summed E-state index contributed by atoms with van der Waals surface area (Å²) in [6, 6.07) is 4.06. The third kappa shape index (κ3) is 4.68. The Balaban J connectivity index is 2.02. The van der Waals surface area contributed by atoms with E-state index in [4.69, 9.17) is 0 Å². The van der Waals surface area contributed by atoms with Crippen LogP contribution >= 0.6 is 23.1 Å². The van der Waals surface area contributed by atoms with E-state index in [-0.39, 0.29) is 0 Å². The second kappa shape index (κ2) is 9.32. The van der Waals surface area contributed by atoms with Crippen LogP contribution in [0.25, 0.3) is 22.1 Å². The zero-order valence-electron chi connectivity index (χ0n) is 15.0. The molecule has 3 aromatic heterocycles. The summed E-state index contributed by atoms with van der Waals surface area (Å²) in [5, 5.41) is 17.5. The van der Waals surface area contributed by atoms with Crippen molar-refractivity contribution in [2.75, 3.05) is 10.8 Å². The lowest BCUT2D eigenvalue weighted by atomic mass is 10.1. The molecule has 0 saturated carbocycles. The van der Waals surface area contributed by atoms with E-state index in [1.165, 1.54) is 29.4 Å². The molecule has 0 saturated heterocycles. The second-order valence-electron chi connectivity index (χ2n) is 5.65. The summed E-state index contributed by atoms with van der Waals surface area (Å²) < 4.78 is 13.8. The van der Waals surface area contributed by atoms with Gasteiger partial charge in [-0.3, -0.25) is 0 Å². The van der Waals surface area contributed by atoms with Crippen LogP contribution in [0.5, 0.6) is 0 Å². The molecule has 1 unspecified atom stereocenters. The minimum atomic E-state index is -0.954. The van der Waals surface area contributed by atoms with Gasteiger partial charge in [-0.05, 0) is 23.7 Å². The number of pyridine rings is 1. The van der Waals surface area contributed by atoms with Gasteiger partial charge in [0, 0.05) is 24.2 Å². The number of nitriles is 1. The molecule has 3 heterocycles. The Labute approximate surface area is 169 Å². The van der Waals surface area contributed by atoms with Crippen molar-refractivity contribution in [2.24, 2.45) is 7.05 Å². The van der Waals surface area contributed by atoms with Crippen LogP contribution in [0, 0.1) is 11.3 Å². The van der Waals surface area contributed by atoms with Gasteiger partial charge in [0.2, 0.25) is 0 Å². The first-order chi connectivity index (χ1) is 13.1. The Morgan fingerprint density at radius 3 is 2.89 bits per heavy atom. The van der Waals surface area contributed by atoms with E-state index in [0.29, 0.717) is 38.5 Å². The number of aromatic nitrogens is 5. The van der Waals surface area contributed by atoms with E-state index >= 15 is 0 Å². The summed E-state index contributed by atoms with van der Waals surface area (Å²) in [5.74, 6) is 1.24. The van der Waals surface area contributed by atoms with Crippen molar-refractivity contribution in [1.29, 1.82) is 5.26 Å². The van der Waals surface area contributed by atoms with Crippen LogP contribution in [0.4, 0.5) is 0 Å². The normalized spacial score (nSPS) is 12.1. The molecular weight excluding hydrogens is 400 g/mol. The molecule has 0 aliphatic carbocycles. The maximum atomic E-state index is 12.2. The zero-order valence-corrected chi connectivity index (χ0v) is 17.4. The van der Waals surface area contributed by atoms with Gasteiger partial charge in [0.05, 0.1) is 5.56 Å². The van der Waals surface area contributed by atoms with E-state index in [2.05, 4.69) is 33.0 Å². The monoisotopic (exact) mass is 418 g/mol. The fraction of sp³-hybridized carbons (Fsp3) is 0.353. The highest BCUT2D eigenvalue weighted by molar-refractivity contribution is 8.12. The van der Waals surface area contributed by atoms with Crippen molar-refractivity contribution in [3.63, 3.8) is 0 Å². The smallest absolute Gasteiger partial charge is 0.159 e. The van der Waals surface area contributed by atoms with Gasteiger partial charge in [-0.15, -0.1) is 11.3 Å². The molecule has 0 aromatic carbocycles. The lowest BCUT2D eigenvalue weighted by Crippen LogP contribution is -2.09. The van der Waals surface area contributed by atoms with Crippen molar-refractivity contribution < 1.29 is 4.55 Å². The second-order valence-corrected chi connectivity index (χ2v) is 9.45. The van der Waals surface area contributed by atoms with Crippen molar-refractivity contribution in [3.8, 4) is 28.2 Å². The lowest BCUT2D eigenvalue weighted by Gasteiger charge is -2.13. The molecule has 0 aliphatic rings. The number of nitrogens with zero attached hydrogens (tertiary/aromatic N) is 6. The molecule has 3 rings (SSSR count). The Hall–Kier alpha value is -1.93. The molecule has 0 N–H and O–H groups in total. The molecule has 0 fully saturated rings. The summed E-state index contributed by atoms with van der Waals surface area (Å²) in [6.45, 7) is 2.07. The summed E-state index contributed by atoms with van der Waals surface area (Å²) in [7, 11) is 1.78. The van der Waals surface area contributed by atoms with Crippen molar-refractivity contribution in [1.82, 2.24) is 24.7 Å². The lowest BCUT2D eigenvalue weighted by molar-refractivity contribution is 0.596. The molecule has 0 amide bonds. The molecule has 1 atom stereocenters. The van der Waals surface area contributed by atoms with Crippen LogP contribution in [0.1, 0.15) is 25.3 Å². The molecule has 0 spiro atoms. The number of thioether (sulfide) groups is 1. The van der Waals surface area contributed by atoms with E-state index in [0.717, 1.165) is 17.8 Å². The average Bonchev–Trinajstić information content (AvgIpc) is 3.35. The predicted octanol–water partition coefficient (Wildman–Crippen LogP) is 3.47. The molecular formula is C17H18N6OS3. The first-order valence-electron chi connectivity index (χ1n) is 8.31. The van der Waals surface area contributed by atoms with Crippen LogP contribution < -0.4 is 0 Å². The summed E-state index contributed by atoms with van der Waals surface area (Å²) >= 11 is 1.87. The minimum absolute atomic E-state index is 0.404. The molecule has 10 heteroatoms. The Morgan fingerprint density at radius 2 is 2.26 bits per heavy atom. The third-order valence-electron chi connectivity index (χ3n) is 3.75. The van der Waals surface area contributed by atoms with Gasteiger partial charge < -0.3 is 4.55 Å². The van der Waals surface area contributed by atoms with E-state index in [9.17, 15) is 9.81 Å². The number of hydrogen-bond acceptors (Lipinski definition) is 8. The summed E-state index contributed by atoms with van der Waals surface area (Å²) in [4.78, 5) is 13.2. The summed E-state index contributed by atoms with van der Waals surface area (Å²) in [5.41, 5.74) is 1.74. The first-order valence-corrected chi connectivity index (χ1v) is 11.7. The largest absolute Gasteiger partial charge is 0.616 e. The van der Waals surface area contributed by atoms with E-state index in [1.807, 2.05) is 11.4 Å². The van der Waals surface area contributed by atoms with Crippen LogP contribution in [-0.4, -0.2) is 40.1 Å². The minimum Gasteiger partial charge on any atom is -0.616 e. The number of unbranched alkanes of at least 4 members (excludes halogenated alkanes) is 1. The first kappa shape index (κ1) is 19.8. The van der Waals surface area contributed by atoms with E-state index < -0.39 is 11.2 Å². The number of aryl methyl sites for hydroxylation is 1. The Morgan fingerprint density at radius 1 is 1.41 bits per heavy atom. The quantitative estimate of drug-likeness (QED) is 0.407. The van der Waals surface area contributed by atoms with Gasteiger partial charge in [-0.25, -0.2) is 19.6 Å². The number of hydrogen-bond donors (Lipinski definition) is 0. The molecule has 140 valence electrons. The maximum absolute atomic E-state index is 12.2. The number of rotatable bonds is 8. The van der Waals surface area contributed by atoms with Crippen molar-refractivity contribution >= 4 is 34.3 Å². The van der Waals surface area contributed by atoms with Crippen LogP contribution in [-0.2, 0) is 18.2 Å². The fourth-order valence-electron chi connectivity index (χ4n) is 2.40. The molecule has 7 nitrogen and oxygen atoms in total. The highest BCUT2D eigenvalue weighted by atomic mass is 32.3. The van der Waals surface area contributed by atoms with Gasteiger partial charge in [-0.1, -0.05) is 25.1 Å².